The number of hydrogen-bond donors (Lipinski definition) is 2. The van der Waals surface area contributed by atoms with Crippen molar-refractivity contribution < 1.29 is 5.11 Å². The molecule has 2 saturated carbocycles. The molecular weight excluding hydrogens is 296 g/mol. The molecule has 3 heteroatoms. The Morgan fingerprint density at radius 3 is 2.33 bits per heavy atom. The van der Waals surface area contributed by atoms with Gasteiger partial charge in [0.1, 0.15) is 0 Å². The third-order valence-corrected chi connectivity index (χ3v) is 7.30. The van der Waals surface area contributed by atoms with Gasteiger partial charge in [0.15, 0.2) is 0 Å². The number of piperidine rings is 1. The molecule has 0 bridgehead atoms. The van der Waals surface area contributed by atoms with Gasteiger partial charge in [0, 0.05) is 11.5 Å². The molecule has 0 radical (unpaired) electrons. The number of aliphatic hydroxyl groups excluding tert-OH is 1. The first-order valence-corrected chi connectivity index (χ1v) is 9.92. The van der Waals surface area contributed by atoms with Crippen LogP contribution in [0, 0.1) is 11.8 Å². The zero-order valence-electron chi connectivity index (χ0n) is 14.7. The van der Waals surface area contributed by atoms with E-state index in [1.165, 1.54) is 36.8 Å². The van der Waals surface area contributed by atoms with Crippen molar-refractivity contribution in [1.82, 2.24) is 10.2 Å². The lowest BCUT2D eigenvalue weighted by molar-refractivity contribution is -0.0137. The van der Waals surface area contributed by atoms with Gasteiger partial charge in [-0.05, 0) is 81.6 Å². The van der Waals surface area contributed by atoms with Gasteiger partial charge in [0.2, 0.25) is 0 Å². The molecule has 1 spiro atoms. The van der Waals surface area contributed by atoms with Crippen LogP contribution in [0.25, 0.3) is 0 Å². The minimum Gasteiger partial charge on any atom is -0.390 e. The number of aliphatic hydroxyl groups is 1. The van der Waals surface area contributed by atoms with Crippen molar-refractivity contribution in [2.75, 3.05) is 20.1 Å². The van der Waals surface area contributed by atoms with E-state index in [2.05, 4.69) is 41.5 Å². The molecule has 3 nitrogen and oxygen atoms in total. The Hall–Kier alpha value is -0.900. The molecule has 1 aromatic carbocycles. The molecule has 1 aromatic rings. The summed E-state index contributed by atoms with van der Waals surface area (Å²) < 4.78 is 0. The summed E-state index contributed by atoms with van der Waals surface area (Å²) in [4.78, 5) is 2.59. The normalized spacial score (nSPS) is 31.8. The summed E-state index contributed by atoms with van der Waals surface area (Å²) in [6, 6.07) is 9.78. The Balaban J connectivity index is 1.53. The van der Waals surface area contributed by atoms with Gasteiger partial charge in [-0.1, -0.05) is 24.3 Å². The quantitative estimate of drug-likeness (QED) is 0.893. The monoisotopic (exact) mass is 326 g/mol. The SMILES string of the molecule is CN(C(C1CC1)C1CC1)[C@@H]1c2ccccc2C2(CCNCC2)[C@H]1O. The fourth-order valence-electron chi connectivity index (χ4n) is 5.83. The number of likely N-dealkylation sites (N-methyl/N-ethyl adjacent to an activating group) is 1. The number of fused-ring (bicyclic) bond motifs is 2. The van der Waals surface area contributed by atoms with Gasteiger partial charge in [-0.3, -0.25) is 4.90 Å². The van der Waals surface area contributed by atoms with Crippen molar-refractivity contribution in [3.63, 3.8) is 0 Å². The molecule has 5 rings (SSSR count). The standard InChI is InChI=1S/C21H30N2O/c1-23(18(14-6-7-14)15-8-9-15)19-16-4-2-3-5-17(16)21(20(19)24)10-12-22-13-11-21/h2-5,14-15,18-20,22,24H,6-13H2,1H3/t19-,20+/m1/s1. The van der Waals surface area contributed by atoms with E-state index in [-0.39, 0.29) is 17.6 Å². The maximum absolute atomic E-state index is 11.5. The van der Waals surface area contributed by atoms with Gasteiger partial charge in [0.05, 0.1) is 12.1 Å². The highest BCUT2D eigenvalue weighted by Crippen LogP contribution is 2.55. The van der Waals surface area contributed by atoms with Crippen LogP contribution in [0.2, 0.25) is 0 Å². The summed E-state index contributed by atoms with van der Waals surface area (Å²) >= 11 is 0. The molecule has 130 valence electrons. The smallest absolute Gasteiger partial charge is 0.0834 e. The second kappa shape index (κ2) is 5.55. The second-order valence-electron chi connectivity index (χ2n) is 8.71. The highest BCUT2D eigenvalue weighted by atomic mass is 16.3. The van der Waals surface area contributed by atoms with E-state index in [1.807, 2.05) is 0 Å². The topological polar surface area (TPSA) is 35.5 Å². The molecule has 4 aliphatic rings. The van der Waals surface area contributed by atoms with Crippen LogP contribution in [-0.2, 0) is 5.41 Å². The first kappa shape index (κ1) is 15.4. The zero-order chi connectivity index (χ0) is 16.3. The van der Waals surface area contributed by atoms with Crippen LogP contribution in [0.4, 0.5) is 0 Å². The van der Waals surface area contributed by atoms with Crippen LogP contribution >= 0.6 is 0 Å². The van der Waals surface area contributed by atoms with E-state index in [9.17, 15) is 5.11 Å². The molecule has 2 atom stereocenters. The largest absolute Gasteiger partial charge is 0.390 e. The third kappa shape index (κ3) is 2.21. The minimum absolute atomic E-state index is 0.0293. The zero-order valence-corrected chi connectivity index (χ0v) is 14.7. The van der Waals surface area contributed by atoms with Crippen molar-refractivity contribution in [3.8, 4) is 0 Å². The molecule has 1 saturated heterocycles. The van der Waals surface area contributed by atoms with Crippen LogP contribution in [0.3, 0.4) is 0 Å². The fourth-order valence-corrected chi connectivity index (χ4v) is 5.83. The predicted octanol–water partition coefficient (Wildman–Crippen LogP) is 2.84. The number of hydrogen-bond acceptors (Lipinski definition) is 3. The molecule has 1 heterocycles. The maximum Gasteiger partial charge on any atom is 0.0834 e. The van der Waals surface area contributed by atoms with Crippen molar-refractivity contribution in [3.05, 3.63) is 35.4 Å². The summed E-state index contributed by atoms with van der Waals surface area (Å²) in [5.41, 5.74) is 2.81. The number of rotatable bonds is 4. The number of nitrogens with zero attached hydrogens (tertiary/aromatic N) is 1. The molecule has 3 aliphatic carbocycles. The van der Waals surface area contributed by atoms with E-state index in [0.717, 1.165) is 37.8 Å². The van der Waals surface area contributed by atoms with Crippen molar-refractivity contribution >= 4 is 0 Å². The summed E-state index contributed by atoms with van der Waals surface area (Å²) in [5.74, 6) is 1.76. The van der Waals surface area contributed by atoms with E-state index in [0.29, 0.717) is 6.04 Å². The Bertz CT molecular complexity index is 604. The molecule has 3 fully saturated rings. The van der Waals surface area contributed by atoms with Crippen LogP contribution in [0.15, 0.2) is 24.3 Å². The van der Waals surface area contributed by atoms with Crippen molar-refractivity contribution in [2.45, 2.75) is 62.1 Å². The van der Waals surface area contributed by atoms with Crippen LogP contribution in [0.1, 0.15) is 55.7 Å². The first-order valence-electron chi connectivity index (χ1n) is 9.92. The van der Waals surface area contributed by atoms with E-state index in [4.69, 9.17) is 0 Å². The molecule has 0 aromatic heterocycles. The average Bonchev–Trinajstić information content (AvgIpc) is 3.52. The lowest BCUT2D eigenvalue weighted by atomic mass is 9.72. The summed E-state index contributed by atoms with van der Waals surface area (Å²) in [7, 11) is 2.30. The number of nitrogens with one attached hydrogen (secondary N) is 1. The second-order valence-corrected chi connectivity index (χ2v) is 8.71. The highest BCUT2D eigenvalue weighted by molar-refractivity contribution is 5.45. The Morgan fingerprint density at radius 2 is 1.71 bits per heavy atom. The Labute approximate surface area is 145 Å². The lowest BCUT2D eigenvalue weighted by Gasteiger charge is -2.42. The van der Waals surface area contributed by atoms with Gasteiger partial charge in [-0.15, -0.1) is 0 Å². The average molecular weight is 326 g/mol. The van der Waals surface area contributed by atoms with Crippen molar-refractivity contribution in [2.24, 2.45) is 11.8 Å². The van der Waals surface area contributed by atoms with Gasteiger partial charge < -0.3 is 10.4 Å². The predicted molar refractivity (Wildman–Crippen MR) is 96.0 cm³/mol. The van der Waals surface area contributed by atoms with Gasteiger partial charge in [-0.2, -0.15) is 0 Å². The summed E-state index contributed by atoms with van der Waals surface area (Å²) in [6.45, 7) is 2.05. The Kier molecular flexibility index (Phi) is 3.55. The van der Waals surface area contributed by atoms with Crippen LogP contribution < -0.4 is 5.32 Å². The molecule has 24 heavy (non-hydrogen) atoms. The molecule has 2 N–H and O–H groups in total. The van der Waals surface area contributed by atoms with Gasteiger partial charge in [-0.25, -0.2) is 0 Å². The molecule has 0 amide bonds. The van der Waals surface area contributed by atoms with E-state index < -0.39 is 0 Å². The minimum atomic E-state index is -0.262. The fraction of sp³-hybridized carbons (Fsp3) is 0.714. The summed E-state index contributed by atoms with van der Waals surface area (Å²) in [5, 5.41) is 15.0. The van der Waals surface area contributed by atoms with Crippen LogP contribution in [-0.4, -0.2) is 42.3 Å². The van der Waals surface area contributed by atoms with Gasteiger partial charge >= 0.3 is 0 Å². The Morgan fingerprint density at radius 1 is 1.08 bits per heavy atom. The summed E-state index contributed by atoms with van der Waals surface area (Å²) in [6.07, 6.45) is 7.44. The molecular formula is C21H30N2O. The maximum atomic E-state index is 11.5. The first-order chi connectivity index (χ1) is 11.7. The van der Waals surface area contributed by atoms with E-state index in [1.54, 1.807) is 0 Å². The lowest BCUT2D eigenvalue weighted by Crippen LogP contribution is -2.50. The number of benzene rings is 1. The highest BCUT2D eigenvalue weighted by Gasteiger charge is 2.55. The van der Waals surface area contributed by atoms with Crippen molar-refractivity contribution in [1.29, 1.82) is 0 Å². The third-order valence-electron chi connectivity index (χ3n) is 7.30. The van der Waals surface area contributed by atoms with E-state index >= 15 is 0 Å². The molecule has 0 unspecified atom stereocenters. The van der Waals surface area contributed by atoms with Crippen LogP contribution in [0.5, 0.6) is 0 Å². The van der Waals surface area contributed by atoms with Gasteiger partial charge in [0.25, 0.3) is 0 Å². The molecule has 1 aliphatic heterocycles.